The van der Waals surface area contributed by atoms with Gasteiger partial charge in [-0.3, -0.25) is 0 Å². The number of aryl methyl sites for hydroxylation is 1. The summed E-state index contributed by atoms with van der Waals surface area (Å²) >= 11 is 1.58. The quantitative estimate of drug-likeness (QED) is 0.785. The maximum atomic E-state index is 5.90. The average molecular weight is 272 g/mol. The van der Waals surface area contributed by atoms with Crippen LogP contribution in [0.3, 0.4) is 0 Å². The molecule has 3 heteroatoms. The summed E-state index contributed by atoms with van der Waals surface area (Å²) in [6.45, 7) is 6.10. The summed E-state index contributed by atoms with van der Waals surface area (Å²) in [6.07, 6.45) is 6.40. The van der Waals surface area contributed by atoms with Crippen molar-refractivity contribution in [2.45, 2.75) is 26.0 Å². The third-order valence-corrected chi connectivity index (χ3v) is 4.32. The Labute approximate surface area is 119 Å². The van der Waals surface area contributed by atoms with Crippen molar-refractivity contribution < 1.29 is 0 Å². The number of hydrogen-bond acceptors (Lipinski definition) is 3. The van der Waals surface area contributed by atoms with Gasteiger partial charge >= 0.3 is 0 Å². The standard InChI is InChI=1S/C14H14N2S.C2H6/c1-9-5-7-10(8-6-9)11-3-2-4-12-13(11)17-16-14(12)15;1-2/h2-8,12-13H,1H3,(H2,15,16);1-2H3. The van der Waals surface area contributed by atoms with E-state index in [1.54, 1.807) is 11.9 Å². The van der Waals surface area contributed by atoms with Crippen LogP contribution in [0, 0.1) is 12.8 Å². The van der Waals surface area contributed by atoms with Crippen LogP contribution in [0.5, 0.6) is 0 Å². The molecule has 2 aliphatic rings. The van der Waals surface area contributed by atoms with Crippen LogP contribution in [0.1, 0.15) is 25.0 Å². The van der Waals surface area contributed by atoms with Gasteiger partial charge in [-0.15, -0.1) is 0 Å². The molecular weight excluding hydrogens is 252 g/mol. The Hall–Kier alpha value is -1.48. The largest absolute Gasteiger partial charge is 0.386 e. The highest BCUT2D eigenvalue weighted by atomic mass is 32.2. The summed E-state index contributed by atoms with van der Waals surface area (Å²) < 4.78 is 4.29. The zero-order valence-electron chi connectivity index (χ0n) is 11.6. The Balaban J connectivity index is 0.000000637. The Morgan fingerprint density at radius 1 is 1.16 bits per heavy atom. The average Bonchev–Trinajstić information content (AvgIpc) is 2.84. The lowest BCUT2D eigenvalue weighted by molar-refractivity contribution is 0.912. The van der Waals surface area contributed by atoms with Gasteiger partial charge in [-0.2, -0.15) is 0 Å². The predicted octanol–water partition coefficient (Wildman–Crippen LogP) is 3.98. The first-order valence-corrected chi connectivity index (χ1v) is 7.54. The number of fused-ring (bicyclic) bond motifs is 1. The van der Waals surface area contributed by atoms with Crippen molar-refractivity contribution in [2.75, 3.05) is 0 Å². The second-order valence-electron chi connectivity index (χ2n) is 4.44. The van der Waals surface area contributed by atoms with Gasteiger partial charge in [0, 0.05) is 0 Å². The van der Waals surface area contributed by atoms with Crippen LogP contribution < -0.4 is 5.73 Å². The molecule has 2 nitrogen and oxygen atoms in total. The van der Waals surface area contributed by atoms with Crippen molar-refractivity contribution in [1.82, 2.24) is 0 Å². The second kappa shape index (κ2) is 6.11. The van der Waals surface area contributed by atoms with Gasteiger partial charge in [0.15, 0.2) is 0 Å². The van der Waals surface area contributed by atoms with E-state index in [1.807, 2.05) is 13.8 Å². The van der Waals surface area contributed by atoms with Crippen molar-refractivity contribution in [3.8, 4) is 0 Å². The molecule has 0 amide bonds. The summed E-state index contributed by atoms with van der Waals surface area (Å²) in [5.41, 5.74) is 9.79. The molecule has 0 fully saturated rings. The molecule has 0 saturated carbocycles. The van der Waals surface area contributed by atoms with Gasteiger partial charge < -0.3 is 5.73 Å². The maximum Gasteiger partial charge on any atom is 0.116 e. The number of rotatable bonds is 1. The Kier molecular flexibility index (Phi) is 4.48. The molecule has 2 atom stereocenters. The van der Waals surface area contributed by atoms with Gasteiger partial charge in [0.25, 0.3) is 0 Å². The summed E-state index contributed by atoms with van der Waals surface area (Å²) in [5.74, 6) is 1.01. The molecule has 0 spiro atoms. The Bertz CT molecular complexity index is 526. The van der Waals surface area contributed by atoms with Crippen LogP contribution in [-0.2, 0) is 0 Å². The van der Waals surface area contributed by atoms with E-state index in [1.165, 1.54) is 16.7 Å². The highest BCUT2D eigenvalue weighted by molar-refractivity contribution is 7.99. The first-order chi connectivity index (χ1) is 9.25. The zero-order valence-corrected chi connectivity index (χ0v) is 12.4. The Morgan fingerprint density at radius 3 is 2.53 bits per heavy atom. The van der Waals surface area contributed by atoms with Gasteiger partial charge in [0.05, 0.1) is 11.2 Å². The molecule has 3 rings (SSSR count). The van der Waals surface area contributed by atoms with E-state index < -0.39 is 0 Å². The van der Waals surface area contributed by atoms with Crippen LogP contribution in [-0.4, -0.2) is 11.1 Å². The number of amidine groups is 1. The van der Waals surface area contributed by atoms with Crippen molar-refractivity contribution in [1.29, 1.82) is 0 Å². The van der Waals surface area contributed by atoms with Crippen molar-refractivity contribution in [2.24, 2.45) is 16.0 Å². The highest BCUT2D eigenvalue weighted by Gasteiger charge is 2.33. The molecule has 0 radical (unpaired) electrons. The SMILES string of the molecule is CC.Cc1ccc(C2=CC=CC3C(N)=NSC23)cc1. The second-order valence-corrected chi connectivity index (χ2v) is 5.34. The fourth-order valence-corrected chi connectivity index (χ4v) is 3.28. The molecule has 1 aliphatic carbocycles. The van der Waals surface area contributed by atoms with E-state index >= 15 is 0 Å². The summed E-state index contributed by atoms with van der Waals surface area (Å²) in [7, 11) is 0. The summed E-state index contributed by atoms with van der Waals surface area (Å²) in [4.78, 5) is 0. The zero-order chi connectivity index (χ0) is 13.8. The van der Waals surface area contributed by atoms with E-state index in [9.17, 15) is 0 Å². The van der Waals surface area contributed by atoms with Crippen LogP contribution >= 0.6 is 11.9 Å². The van der Waals surface area contributed by atoms with Gasteiger partial charge in [-0.25, -0.2) is 4.40 Å². The molecule has 1 aromatic rings. The van der Waals surface area contributed by atoms with E-state index in [-0.39, 0.29) is 5.92 Å². The summed E-state index contributed by atoms with van der Waals surface area (Å²) in [6, 6.07) is 8.64. The van der Waals surface area contributed by atoms with Gasteiger partial charge in [0.2, 0.25) is 0 Å². The predicted molar refractivity (Wildman–Crippen MR) is 86.1 cm³/mol. The monoisotopic (exact) mass is 272 g/mol. The smallest absolute Gasteiger partial charge is 0.116 e. The minimum absolute atomic E-state index is 0.265. The molecule has 2 N–H and O–H groups in total. The number of nitrogens with zero attached hydrogens (tertiary/aromatic N) is 1. The van der Waals surface area contributed by atoms with Gasteiger partial charge in [-0.1, -0.05) is 61.9 Å². The minimum atomic E-state index is 0.265. The normalized spacial score (nSPS) is 23.9. The minimum Gasteiger partial charge on any atom is -0.386 e. The van der Waals surface area contributed by atoms with Crippen LogP contribution in [0.25, 0.3) is 5.57 Å². The number of hydrogen-bond donors (Lipinski definition) is 1. The lowest BCUT2D eigenvalue weighted by Gasteiger charge is -2.22. The van der Waals surface area contributed by atoms with Gasteiger partial charge in [0.1, 0.15) is 5.84 Å². The van der Waals surface area contributed by atoms with Crippen molar-refractivity contribution in [3.05, 3.63) is 53.6 Å². The molecule has 19 heavy (non-hydrogen) atoms. The summed E-state index contributed by atoms with van der Waals surface area (Å²) in [5, 5.41) is 0.350. The van der Waals surface area contributed by atoms with Gasteiger partial charge in [-0.05, 0) is 30.0 Å². The Morgan fingerprint density at radius 2 is 1.84 bits per heavy atom. The van der Waals surface area contributed by atoms with E-state index in [0.717, 1.165) is 5.84 Å². The maximum absolute atomic E-state index is 5.90. The first kappa shape index (κ1) is 13.9. The van der Waals surface area contributed by atoms with Crippen molar-refractivity contribution >= 4 is 23.4 Å². The highest BCUT2D eigenvalue weighted by Crippen LogP contribution is 2.41. The third-order valence-electron chi connectivity index (χ3n) is 3.23. The lowest BCUT2D eigenvalue weighted by Crippen LogP contribution is -2.27. The lowest BCUT2D eigenvalue weighted by atomic mass is 9.88. The van der Waals surface area contributed by atoms with Crippen LogP contribution in [0.4, 0.5) is 0 Å². The fourth-order valence-electron chi connectivity index (χ4n) is 2.23. The van der Waals surface area contributed by atoms with E-state index in [0.29, 0.717) is 5.25 Å². The first-order valence-electron chi connectivity index (χ1n) is 6.70. The number of nitrogens with two attached hydrogens (primary N) is 1. The van der Waals surface area contributed by atoms with E-state index in [2.05, 4.69) is 53.8 Å². The molecule has 0 aromatic heterocycles. The molecular formula is C16H20N2S. The molecule has 1 aromatic carbocycles. The third kappa shape index (κ3) is 2.76. The molecule has 0 saturated heterocycles. The molecule has 2 unspecified atom stereocenters. The molecule has 1 aliphatic heterocycles. The van der Waals surface area contributed by atoms with Crippen LogP contribution in [0.15, 0.2) is 46.9 Å². The topological polar surface area (TPSA) is 38.4 Å². The number of benzene rings is 1. The molecule has 100 valence electrons. The van der Waals surface area contributed by atoms with Crippen LogP contribution in [0.2, 0.25) is 0 Å². The van der Waals surface area contributed by atoms with E-state index in [4.69, 9.17) is 5.73 Å². The molecule has 0 bridgehead atoms. The fraction of sp³-hybridized carbons (Fsp3) is 0.312. The molecule has 1 heterocycles. The van der Waals surface area contributed by atoms with Crippen molar-refractivity contribution in [3.63, 3.8) is 0 Å². The number of allylic oxidation sites excluding steroid dienone is 2.